The highest BCUT2D eigenvalue weighted by Gasteiger charge is 2.07. The summed E-state index contributed by atoms with van der Waals surface area (Å²) in [5.41, 5.74) is 5.36. The first-order valence-corrected chi connectivity index (χ1v) is 5.61. The van der Waals surface area contributed by atoms with E-state index in [-0.39, 0.29) is 0 Å². The van der Waals surface area contributed by atoms with Gasteiger partial charge in [-0.05, 0) is 28.4 Å². The summed E-state index contributed by atoms with van der Waals surface area (Å²) in [6.45, 7) is 2.10. The molecule has 0 amide bonds. The van der Waals surface area contributed by atoms with Gasteiger partial charge in [-0.15, -0.1) is 11.3 Å². The quantitative estimate of drug-likeness (QED) is 0.752. The fourth-order valence-corrected chi connectivity index (χ4v) is 2.34. The molecule has 0 aliphatic carbocycles. The third-order valence-electron chi connectivity index (χ3n) is 1.92. The summed E-state index contributed by atoms with van der Waals surface area (Å²) >= 11 is 5.11. The molecule has 2 rings (SSSR count). The van der Waals surface area contributed by atoms with Crippen molar-refractivity contribution in [2.75, 3.05) is 0 Å². The Kier molecular flexibility index (Phi) is 2.47. The molecule has 0 bridgehead atoms. The molecule has 0 fully saturated rings. The predicted octanol–water partition coefficient (Wildman–Crippen LogP) is 3.88. The Labute approximate surface area is 89.6 Å². The number of aromatic nitrogens is 1. The van der Waals surface area contributed by atoms with Crippen LogP contribution in [-0.2, 0) is 0 Å². The molecule has 2 aromatic rings. The second kappa shape index (κ2) is 3.60. The van der Waals surface area contributed by atoms with E-state index >= 15 is 0 Å². The van der Waals surface area contributed by atoms with Gasteiger partial charge in [-0.25, -0.2) is 4.98 Å². The highest BCUT2D eigenvalue weighted by atomic mass is 79.9. The summed E-state index contributed by atoms with van der Waals surface area (Å²) in [5, 5.41) is 0. The van der Waals surface area contributed by atoms with Crippen molar-refractivity contribution in [2.24, 2.45) is 0 Å². The molecule has 66 valence electrons. The van der Waals surface area contributed by atoms with Gasteiger partial charge >= 0.3 is 0 Å². The monoisotopic (exact) mass is 253 g/mol. The highest BCUT2D eigenvalue weighted by molar-refractivity contribution is 9.11. The molecule has 0 unspecified atom stereocenters. The summed E-state index contributed by atoms with van der Waals surface area (Å²) in [6.07, 6.45) is 0. The Morgan fingerprint density at radius 2 is 2.08 bits per heavy atom. The van der Waals surface area contributed by atoms with Gasteiger partial charge in [0.05, 0.1) is 15.0 Å². The summed E-state index contributed by atoms with van der Waals surface area (Å²) in [4.78, 5) is 4.32. The van der Waals surface area contributed by atoms with Crippen LogP contribution in [-0.4, -0.2) is 4.98 Å². The maximum atomic E-state index is 4.32. The number of hydrogen-bond donors (Lipinski definition) is 0. The molecule has 3 heteroatoms. The Balaban J connectivity index is 2.59. The predicted molar refractivity (Wildman–Crippen MR) is 60.0 cm³/mol. The van der Waals surface area contributed by atoms with Crippen molar-refractivity contribution >= 4 is 27.3 Å². The molecule has 0 saturated heterocycles. The molecule has 0 spiro atoms. The zero-order chi connectivity index (χ0) is 9.26. The number of hydrogen-bond acceptors (Lipinski definition) is 2. The van der Waals surface area contributed by atoms with Crippen LogP contribution in [0.3, 0.4) is 0 Å². The van der Waals surface area contributed by atoms with Gasteiger partial charge in [0.2, 0.25) is 0 Å². The number of nitrogens with zero attached hydrogens (tertiary/aromatic N) is 1. The van der Waals surface area contributed by atoms with Crippen LogP contribution in [0.25, 0.3) is 11.3 Å². The fraction of sp³-hybridized carbons (Fsp3) is 0.100. The van der Waals surface area contributed by atoms with Crippen molar-refractivity contribution in [1.29, 1.82) is 0 Å². The summed E-state index contributed by atoms with van der Waals surface area (Å²) < 4.78 is 1.10. The summed E-state index contributed by atoms with van der Waals surface area (Å²) in [6, 6.07) is 8.27. The molecule has 0 aliphatic heterocycles. The first-order chi connectivity index (χ1) is 6.29. The first-order valence-electron chi connectivity index (χ1n) is 3.94. The zero-order valence-electron chi connectivity index (χ0n) is 7.12. The highest BCUT2D eigenvalue weighted by Crippen LogP contribution is 2.31. The van der Waals surface area contributed by atoms with Gasteiger partial charge in [-0.3, -0.25) is 0 Å². The summed E-state index contributed by atoms with van der Waals surface area (Å²) in [7, 11) is 0. The Bertz CT molecular complexity index is 422. The van der Waals surface area contributed by atoms with E-state index in [2.05, 4.69) is 40.0 Å². The van der Waals surface area contributed by atoms with Crippen molar-refractivity contribution in [1.82, 2.24) is 4.98 Å². The molecular formula is C10H8BrNS. The van der Waals surface area contributed by atoms with Crippen LogP contribution in [0.2, 0.25) is 0 Å². The van der Waals surface area contributed by atoms with Crippen LogP contribution in [0.1, 0.15) is 5.56 Å². The van der Waals surface area contributed by atoms with Crippen molar-refractivity contribution in [3.05, 3.63) is 39.1 Å². The molecule has 0 saturated carbocycles. The van der Waals surface area contributed by atoms with E-state index in [1.807, 2.05) is 17.6 Å². The van der Waals surface area contributed by atoms with Crippen LogP contribution in [0.5, 0.6) is 0 Å². The fourth-order valence-electron chi connectivity index (χ4n) is 1.25. The lowest BCUT2D eigenvalue weighted by Gasteiger charge is -2.01. The largest absolute Gasteiger partial charge is 0.243 e. The first kappa shape index (κ1) is 8.91. The molecule has 1 nitrogen and oxygen atoms in total. The van der Waals surface area contributed by atoms with Crippen molar-refractivity contribution in [2.45, 2.75) is 6.92 Å². The molecule has 0 N–H and O–H groups in total. The van der Waals surface area contributed by atoms with E-state index in [0.29, 0.717) is 0 Å². The normalized spacial score (nSPS) is 10.3. The third kappa shape index (κ3) is 1.67. The second-order valence-corrected chi connectivity index (χ2v) is 4.96. The van der Waals surface area contributed by atoms with Crippen LogP contribution < -0.4 is 0 Å². The number of aryl methyl sites for hydroxylation is 1. The number of benzene rings is 1. The van der Waals surface area contributed by atoms with Gasteiger partial charge in [-0.2, -0.15) is 0 Å². The number of halogens is 1. The third-order valence-corrected chi connectivity index (χ3v) is 3.47. The zero-order valence-corrected chi connectivity index (χ0v) is 9.52. The molecule has 0 aliphatic rings. The lowest BCUT2D eigenvalue weighted by Crippen LogP contribution is -1.82. The maximum Gasteiger partial charge on any atom is 0.0976 e. The average Bonchev–Trinajstić information content (AvgIpc) is 2.52. The van der Waals surface area contributed by atoms with E-state index in [0.717, 1.165) is 9.48 Å². The SMILES string of the molecule is Cc1ccccc1-c1ncsc1Br. The molecule has 1 heterocycles. The Hall–Kier alpha value is -0.670. The van der Waals surface area contributed by atoms with E-state index < -0.39 is 0 Å². The van der Waals surface area contributed by atoms with Crippen LogP contribution >= 0.6 is 27.3 Å². The van der Waals surface area contributed by atoms with Gasteiger partial charge in [0.1, 0.15) is 0 Å². The molecule has 0 radical (unpaired) electrons. The van der Waals surface area contributed by atoms with E-state index in [1.165, 1.54) is 11.1 Å². The Morgan fingerprint density at radius 3 is 2.69 bits per heavy atom. The molecule has 13 heavy (non-hydrogen) atoms. The van der Waals surface area contributed by atoms with E-state index in [1.54, 1.807) is 11.3 Å². The average molecular weight is 254 g/mol. The summed E-state index contributed by atoms with van der Waals surface area (Å²) in [5.74, 6) is 0. The molecule has 1 aromatic carbocycles. The van der Waals surface area contributed by atoms with E-state index in [4.69, 9.17) is 0 Å². The van der Waals surface area contributed by atoms with Gasteiger partial charge in [0, 0.05) is 5.56 Å². The minimum atomic E-state index is 1.04. The maximum absolute atomic E-state index is 4.32. The molecule has 0 atom stereocenters. The van der Waals surface area contributed by atoms with Gasteiger partial charge in [0.25, 0.3) is 0 Å². The van der Waals surface area contributed by atoms with Gasteiger partial charge < -0.3 is 0 Å². The van der Waals surface area contributed by atoms with E-state index in [9.17, 15) is 0 Å². The smallest absolute Gasteiger partial charge is 0.0976 e. The molecular weight excluding hydrogens is 246 g/mol. The number of rotatable bonds is 1. The topological polar surface area (TPSA) is 12.9 Å². The second-order valence-electron chi connectivity index (χ2n) is 2.79. The minimum Gasteiger partial charge on any atom is -0.243 e. The standard InChI is InChI=1S/C10H8BrNS/c1-7-4-2-3-5-8(7)9-10(11)13-6-12-9/h2-6H,1H3. The number of thiazole rings is 1. The Morgan fingerprint density at radius 1 is 1.31 bits per heavy atom. The molecule has 1 aromatic heterocycles. The lowest BCUT2D eigenvalue weighted by atomic mass is 10.1. The minimum absolute atomic E-state index is 1.04. The van der Waals surface area contributed by atoms with Gasteiger partial charge in [0.15, 0.2) is 0 Å². The van der Waals surface area contributed by atoms with Crippen molar-refractivity contribution in [3.63, 3.8) is 0 Å². The van der Waals surface area contributed by atoms with Crippen molar-refractivity contribution < 1.29 is 0 Å². The van der Waals surface area contributed by atoms with Crippen LogP contribution in [0.15, 0.2) is 33.6 Å². The van der Waals surface area contributed by atoms with Crippen molar-refractivity contribution in [3.8, 4) is 11.3 Å². The van der Waals surface area contributed by atoms with Crippen LogP contribution in [0, 0.1) is 6.92 Å². The van der Waals surface area contributed by atoms with Crippen LogP contribution in [0.4, 0.5) is 0 Å². The van der Waals surface area contributed by atoms with Gasteiger partial charge in [-0.1, -0.05) is 24.3 Å². The lowest BCUT2D eigenvalue weighted by molar-refractivity contribution is 1.36.